The summed E-state index contributed by atoms with van der Waals surface area (Å²) in [6.07, 6.45) is 0. The maximum Gasteiger partial charge on any atom is 0.240 e. The average molecular weight is 391 g/mol. The topological polar surface area (TPSA) is 110 Å². The van der Waals surface area contributed by atoms with E-state index in [9.17, 15) is 12.8 Å². The maximum atomic E-state index is 13.0. The smallest absolute Gasteiger partial charge is 0.240 e. The number of aryl methyl sites for hydroxylation is 1. The zero-order valence-electron chi connectivity index (χ0n) is 14.5. The number of aliphatic hydroxyl groups excluding tert-OH is 1. The Morgan fingerprint density at radius 3 is 2.59 bits per heavy atom. The van der Waals surface area contributed by atoms with E-state index in [0.717, 1.165) is 5.56 Å². The van der Waals surface area contributed by atoms with Crippen molar-refractivity contribution in [2.75, 3.05) is 13.2 Å². The zero-order chi connectivity index (χ0) is 19.4. The second-order valence-electron chi connectivity index (χ2n) is 5.87. The molecule has 0 saturated heterocycles. The molecule has 1 heterocycles. The van der Waals surface area contributed by atoms with Gasteiger partial charge in [0.25, 0.3) is 0 Å². The fraction of sp³-hybridized carbons (Fsp3) is 0.235. The van der Waals surface area contributed by atoms with Crippen LogP contribution in [0.3, 0.4) is 0 Å². The number of hydrogen-bond donors (Lipinski definition) is 2. The number of benzene rings is 2. The Morgan fingerprint density at radius 1 is 1.19 bits per heavy atom. The van der Waals surface area contributed by atoms with Crippen molar-refractivity contribution in [2.45, 2.75) is 18.4 Å². The summed E-state index contributed by atoms with van der Waals surface area (Å²) in [5.74, 6) is 0.0482. The molecular weight excluding hydrogens is 373 g/mol. The van der Waals surface area contributed by atoms with Crippen molar-refractivity contribution in [1.29, 1.82) is 0 Å². The van der Waals surface area contributed by atoms with Crippen LogP contribution < -0.4 is 4.72 Å². The van der Waals surface area contributed by atoms with Gasteiger partial charge in [0.15, 0.2) is 0 Å². The van der Waals surface area contributed by atoms with E-state index in [1.165, 1.54) is 29.1 Å². The van der Waals surface area contributed by atoms with E-state index in [2.05, 4.69) is 20.1 Å². The summed E-state index contributed by atoms with van der Waals surface area (Å²) in [5.41, 5.74) is 2.15. The summed E-state index contributed by atoms with van der Waals surface area (Å²) < 4.78 is 39.5. The number of tetrazole rings is 1. The Hall–Kier alpha value is -2.69. The van der Waals surface area contributed by atoms with Crippen LogP contribution in [0.4, 0.5) is 4.39 Å². The predicted octanol–water partition coefficient (Wildman–Crippen LogP) is 1.11. The van der Waals surface area contributed by atoms with Crippen LogP contribution in [0.1, 0.15) is 11.1 Å². The number of aliphatic hydroxyl groups is 1. The molecule has 0 spiro atoms. The Morgan fingerprint density at radius 2 is 1.93 bits per heavy atom. The summed E-state index contributed by atoms with van der Waals surface area (Å²) in [6.45, 7) is 1.75. The van der Waals surface area contributed by atoms with E-state index in [1.54, 1.807) is 25.1 Å². The van der Waals surface area contributed by atoms with Gasteiger partial charge in [0.05, 0.1) is 18.0 Å². The first-order valence-electron chi connectivity index (χ1n) is 8.13. The molecule has 10 heteroatoms. The van der Waals surface area contributed by atoms with E-state index in [4.69, 9.17) is 5.11 Å². The monoisotopic (exact) mass is 391 g/mol. The molecule has 0 aliphatic heterocycles. The van der Waals surface area contributed by atoms with Crippen LogP contribution >= 0.6 is 0 Å². The quantitative estimate of drug-likeness (QED) is 0.624. The highest BCUT2D eigenvalue weighted by Crippen LogP contribution is 2.22. The highest BCUT2D eigenvalue weighted by atomic mass is 32.2. The van der Waals surface area contributed by atoms with E-state index in [0.29, 0.717) is 23.5 Å². The van der Waals surface area contributed by atoms with Gasteiger partial charge < -0.3 is 5.11 Å². The number of sulfonamides is 1. The Labute approximate surface area is 155 Å². The molecule has 0 bridgehead atoms. The van der Waals surface area contributed by atoms with Gasteiger partial charge in [0.1, 0.15) is 5.82 Å². The van der Waals surface area contributed by atoms with Crippen molar-refractivity contribution in [3.05, 3.63) is 59.4 Å². The lowest BCUT2D eigenvalue weighted by Gasteiger charge is -2.08. The summed E-state index contributed by atoms with van der Waals surface area (Å²) in [4.78, 5) is 1.48. The highest BCUT2D eigenvalue weighted by Gasteiger charge is 2.16. The van der Waals surface area contributed by atoms with Gasteiger partial charge in [-0.2, -0.15) is 4.80 Å². The lowest BCUT2D eigenvalue weighted by atomic mass is 10.1. The predicted molar refractivity (Wildman–Crippen MR) is 95.8 cm³/mol. The van der Waals surface area contributed by atoms with E-state index in [1.807, 2.05) is 0 Å². The molecule has 2 N–H and O–H groups in total. The van der Waals surface area contributed by atoms with Gasteiger partial charge in [0.2, 0.25) is 15.8 Å². The first-order valence-corrected chi connectivity index (χ1v) is 9.61. The van der Waals surface area contributed by atoms with Crippen molar-refractivity contribution < 1.29 is 17.9 Å². The van der Waals surface area contributed by atoms with Crippen LogP contribution in [0.25, 0.3) is 11.4 Å². The van der Waals surface area contributed by atoms with Crippen molar-refractivity contribution in [2.24, 2.45) is 0 Å². The zero-order valence-corrected chi connectivity index (χ0v) is 15.3. The van der Waals surface area contributed by atoms with Crippen LogP contribution in [-0.4, -0.2) is 46.9 Å². The van der Waals surface area contributed by atoms with Gasteiger partial charge in [-0.25, -0.2) is 17.5 Å². The molecule has 0 saturated carbocycles. The summed E-state index contributed by atoms with van der Waals surface area (Å²) >= 11 is 0. The summed E-state index contributed by atoms with van der Waals surface area (Å²) in [7, 11) is -3.69. The van der Waals surface area contributed by atoms with Crippen molar-refractivity contribution in [1.82, 2.24) is 24.9 Å². The van der Waals surface area contributed by atoms with E-state index in [-0.39, 0.29) is 23.9 Å². The molecule has 0 amide bonds. The normalized spacial score (nSPS) is 11.7. The number of hydrogen-bond acceptors (Lipinski definition) is 6. The Bertz CT molecular complexity index is 1030. The highest BCUT2D eigenvalue weighted by molar-refractivity contribution is 7.89. The van der Waals surface area contributed by atoms with Crippen molar-refractivity contribution >= 4 is 10.0 Å². The lowest BCUT2D eigenvalue weighted by molar-refractivity contribution is 0.301. The SMILES string of the molecule is Cc1cc(S(=O)(=O)NCCO)ccc1-c1nnn(Cc2ccc(F)cc2)n1. The van der Waals surface area contributed by atoms with Crippen molar-refractivity contribution in [3.63, 3.8) is 0 Å². The van der Waals surface area contributed by atoms with Gasteiger partial charge in [0, 0.05) is 12.1 Å². The second-order valence-corrected chi connectivity index (χ2v) is 7.63. The molecule has 0 aliphatic carbocycles. The molecule has 0 unspecified atom stereocenters. The largest absolute Gasteiger partial charge is 0.395 e. The fourth-order valence-corrected chi connectivity index (χ4v) is 3.59. The maximum absolute atomic E-state index is 13.0. The molecule has 0 atom stereocenters. The summed E-state index contributed by atoms with van der Waals surface area (Å²) in [5, 5.41) is 21.1. The first kappa shape index (κ1) is 19.1. The average Bonchev–Trinajstić information content (AvgIpc) is 3.10. The molecule has 8 nitrogen and oxygen atoms in total. The molecule has 0 fully saturated rings. The Balaban J connectivity index is 1.81. The molecule has 3 aromatic rings. The number of rotatable bonds is 7. The van der Waals surface area contributed by atoms with Gasteiger partial charge >= 0.3 is 0 Å². The van der Waals surface area contributed by atoms with Crippen LogP contribution in [-0.2, 0) is 16.6 Å². The minimum absolute atomic E-state index is 0.0532. The third-order valence-electron chi connectivity index (χ3n) is 3.84. The molecule has 142 valence electrons. The van der Waals surface area contributed by atoms with Crippen LogP contribution in [0.15, 0.2) is 47.4 Å². The molecule has 1 aromatic heterocycles. The minimum Gasteiger partial charge on any atom is -0.395 e. The molecule has 0 aliphatic rings. The number of nitrogens with one attached hydrogen (secondary N) is 1. The molecule has 3 rings (SSSR count). The van der Waals surface area contributed by atoms with E-state index < -0.39 is 10.0 Å². The standard InChI is InChI=1S/C17H18FN5O3S/c1-12-10-15(27(25,26)19-8-9-24)6-7-16(12)17-20-22-23(21-17)11-13-2-4-14(18)5-3-13/h2-7,10,19,24H,8-9,11H2,1H3. The van der Waals surface area contributed by atoms with Gasteiger partial charge in [-0.3, -0.25) is 0 Å². The lowest BCUT2D eigenvalue weighted by Crippen LogP contribution is -2.26. The van der Waals surface area contributed by atoms with Crippen molar-refractivity contribution in [3.8, 4) is 11.4 Å². The fourth-order valence-electron chi connectivity index (χ4n) is 2.49. The van der Waals surface area contributed by atoms with Gasteiger partial charge in [-0.15, -0.1) is 10.2 Å². The minimum atomic E-state index is -3.69. The van der Waals surface area contributed by atoms with E-state index >= 15 is 0 Å². The molecule has 27 heavy (non-hydrogen) atoms. The third-order valence-corrected chi connectivity index (χ3v) is 5.30. The van der Waals surface area contributed by atoms with Crippen LogP contribution in [0.5, 0.6) is 0 Å². The summed E-state index contributed by atoms with van der Waals surface area (Å²) in [6, 6.07) is 10.6. The first-order chi connectivity index (χ1) is 12.9. The third kappa shape index (κ3) is 4.54. The van der Waals surface area contributed by atoms with Gasteiger partial charge in [-0.1, -0.05) is 12.1 Å². The van der Waals surface area contributed by atoms with Gasteiger partial charge in [-0.05, 0) is 53.6 Å². The van der Waals surface area contributed by atoms with Crippen LogP contribution in [0.2, 0.25) is 0 Å². The molecular formula is C17H18FN5O3S. The Kier molecular flexibility index (Phi) is 5.59. The molecule has 0 radical (unpaired) electrons. The number of nitrogens with zero attached hydrogens (tertiary/aromatic N) is 4. The number of aromatic nitrogens is 4. The second kappa shape index (κ2) is 7.91. The molecule has 2 aromatic carbocycles. The van der Waals surface area contributed by atoms with Crippen LogP contribution in [0, 0.1) is 12.7 Å². The number of halogens is 1.